The number of hydrogen-bond acceptors (Lipinski definition) is 0. The fraction of sp³-hybridized carbons (Fsp3) is 0.750. The third kappa shape index (κ3) is 13.5. The van der Waals surface area contributed by atoms with Crippen molar-refractivity contribution in [2.24, 2.45) is 0 Å². The van der Waals surface area contributed by atoms with E-state index in [1.165, 1.54) is 64.2 Å². The molecule has 0 saturated carbocycles. The summed E-state index contributed by atoms with van der Waals surface area (Å²) in [6.45, 7) is 4.46. The largest absolute Gasteiger partial charge is 0.0888 e. The number of allylic oxidation sites excluding steroid dienone is 4. The molecule has 0 aliphatic rings. The third-order valence-corrected chi connectivity index (χ3v) is 2.78. The minimum absolute atomic E-state index is 1.17. The summed E-state index contributed by atoms with van der Waals surface area (Å²) in [5, 5.41) is 0. The Morgan fingerprint density at radius 2 is 1.12 bits per heavy atom. The molecular weight excluding hydrogens is 192 g/mol. The van der Waals surface area contributed by atoms with Gasteiger partial charge in [-0.3, -0.25) is 0 Å². The molecule has 0 atom stereocenters. The van der Waals surface area contributed by atoms with Gasteiger partial charge in [0.05, 0.1) is 0 Å². The van der Waals surface area contributed by atoms with Crippen LogP contribution in [0.15, 0.2) is 24.3 Å². The molecule has 16 heavy (non-hydrogen) atoms. The van der Waals surface area contributed by atoms with Gasteiger partial charge in [0.1, 0.15) is 0 Å². The molecule has 94 valence electrons. The van der Waals surface area contributed by atoms with Gasteiger partial charge in [0, 0.05) is 0 Å². The van der Waals surface area contributed by atoms with Crippen molar-refractivity contribution in [3.05, 3.63) is 24.3 Å². The summed E-state index contributed by atoms with van der Waals surface area (Å²) in [4.78, 5) is 0. The van der Waals surface area contributed by atoms with Crippen LogP contribution in [0, 0.1) is 0 Å². The van der Waals surface area contributed by atoms with Gasteiger partial charge in [0.15, 0.2) is 0 Å². The maximum absolute atomic E-state index is 2.37. The van der Waals surface area contributed by atoms with Gasteiger partial charge in [-0.05, 0) is 38.5 Å². The highest BCUT2D eigenvalue weighted by Gasteiger charge is 1.86. The van der Waals surface area contributed by atoms with Crippen LogP contribution < -0.4 is 0 Å². The van der Waals surface area contributed by atoms with Gasteiger partial charge < -0.3 is 0 Å². The lowest BCUT2D eigenvalue weighted by atomic mass is 10.1. The Bertz CT molecular complexity index is 165. The molecule has 0 aromatic heterocycles. The van der Waals surface area contributed by atoms with Crippen molar-refractivity contribution >= 4 is 0 Å². The second-order valence-corrected chi connectivity index (χ2v) is 4.48. The molecule has 0 amide bonds. The predicted molar refractivity (Wildman–Crippen MR) is 75.8 cm³/mol. The topological polar surface area (TPSA) is 0 Å². The van der Waals surface area contributed by atoms with E-state index in [9.17, 15) is 0 Å². The third-order valence-electron chi connectivity index (χ3n) is 2.78. The van der Waals surface area contributed by atoms with Crippen LogP contribution in [0.2, 0.25) is 0 Å². The van der Waals surface area contributed by atoms with Crippen molar-refractivity contribution in [2.75, 3.05) is 0 Å². The molecular formula is C16H30. The molecule has 0 aliphatic carbocycles. The number of unbranched alkanes of at least 4 members (excludes halogenated alkanes) is 7. The van der Waals surface area contributed by atoms with Crippen molar-refractivity contribution < 1.29 is 0 Å². The predicted octanol–water partition coefficient (Wildman–Crippen LogP) is 6.04. The minimum atomic E-state index is 1.17. The van der Waals surface area contributed by atoms with Crippen LogP contribution in [0.1, 0.15) is 78.1 Å². The van der Waals surface area contributed by atoms with Crippen LogP contribution in [-0.4, -0.2) is 0 Å². The fourth-order valence-electron chi connectivity index (χ4n) is 1.74. The van der Waals surface area contributed by atoms with Crippen LogP contribution in [0.25, 0.3) is 0 Å². The molecule has 0 N–H and O–H groups in total. The van der Waals surface area contributed by atoms with Gasteiger partial charge in [-0.25, -0.2) is 0 Å². The normalized spacial score (nSPS) is 11.9. The SMILES string of the molecule is CCC=CCCCC=CCCCCCCC. The maximum Gasteiger partial charge on any atom is -0.0348 e. The van der Waals surface area contributed by atoms with Gasteiger partial charge >= 0.3 is 0 Å². The Labute approximate surface area is 103 Å². The molecule has 0 aromatic rings. The Morgan fingerprint density at radius 3 is 1.75 bits per heavy atom. The zero-order chi connectivity index (χ0) is 11.9. The van der Waals surface area contributed by atoms with Crippen LogP contribution in [-0.2, 0) is 0 Å². The number of rotatable bonds is 11. The lowest BCUT2D eigenvalue weighted by Gasteiger charge is -1.96. The van der Waals surface area contributed by atoms with E-state index in [0.717, 1.165) is 0 Å². The van der Waals surface area contributed by atoms with Crippen molar-refractivity contribution in [3.8, 4) is 0 Å². The van der Waals surface area contributed by atoms with E-state index >= 15 is 0 Å². The van der Waals surface area contributed by atoms with E-state index in [0.29, 0.717) is 0 Å². The lowest BCUT2D eigenvalue weighted by molar-refractivity contribution is 0.637. The van der Waals surface area contributed by atoms with Gasteiger partial charge in [-0.1, -0.05) is 63.8 Å². The minimum Gasteiger partial charge on any atom is -0.0888 e. The Balaban J connectivity index is 3.07. The van der Waals surface area contributed by atoms with E-state index in [1.807, 2.05) is 0 Å². The first-order valence-electron chi connectivity index (χ1n) is 7.21. The van der Waals surface area contributed by atoms with E-state index in [4.69, 9.17) is 0 Å². The van der Waals surface area contributed by atoms with E-state index < -0.39 is 0 Å². The van der Waals surface area contributed by atoms with Crippen molar-refractivity contribution in [1.29, 1.82) is 0 Å². The molecule has 0 saturated heterocycles. The van der Waals surface area contributed by atoms with Crippen LogP contribution in [0.5, 0.6) is 0 Å². The second kappa shape index (κ2) is 14.5. The maximum atomic E-state index is 2.37. The molecule has 0 spiro atoms. The first-order chi connectivity index (χ1) is 7.91. The average Bonchev–Trinajstić information content (AvgIpc) is 2.31. The van der Waals surface area contributed by atoms with Crippen LogP contribution >= 0.6 is 0 Å². The van der Waals surface area contributed by atoms with E-state index in [1.54, 1.807) is 0 Å². The molecule has 0 fully saturated rings. The highest BCUT2D eigenvalue weighted by Crippen LogP contribution is 2.06. The summed E-state index contributed by atoms with van der Waals surface area (Å²) in [6.07, 6.45) is 22.5. The zero-order valence-corrected chi connectivity index (χ0v) is 11.4. The number of hydrogen-bond donors (Lipinski definition) is 0. The molecule has 0 heterocycles. The fourth-order valence-corrected chi connectivity index (χ4v) is 1.74. The van der Waals surface area contributed by atoms with Gasteiger partial charge in [0.25, 0.3) is 0 Å². The molecule has 0 rings (SSSR count). The monoisotopic (exact) mass is 222 g/mol. The quantitative estimate of drug-likeness (QED) is 0.295. The summed E-state index contributed by atoms with van der Waals surface area (Å²) in [7, 11) is 0. The van der Waals surface area contributed by atoms with Crippen LogP contribution in [0.3, 0.4) is 0 Å². The van der Waals surface area contributed by atoms with Crippen molar-refractivity contribution in [3.63, 3.8) is 0 Å². The molecule has 0 nitrogen and oxygen atoms in total. The molecule has 0 aromatic carbocycles. The van der Waals surface area contributed by atoms with Crippen molar-refractivity contribution in [1.82, 2.24) is 0 Å². The molecule has 0 bridgehead atoms. The molecule has 0 radical (unpaired) electrons. The second-order valence-electron chi connectivity index (χ2n) is 4.48. The van der Waals surface area contributed by atoms with Gasteiger partial charge in [-0.2, -0.15) is 0 Å². The summed E-state index contributed by atoms with van der Waals surface area (Å²) in [5.74, 6) is 0. The highest BCUT2D eigenvalue weighted by molar-refractivity contribution is 4.84. The summed E-state index contributed by atoms with van der Waals surface area (Å²) < 4.78 is 0. The zero-order valence-electron chi connectivity index (χ0n) is 11.4. The van der Waals surface area contributed by atoms with Gasteiger partial charge in [0.2, 0.25) is 0 Å². The molecule has 0 aliphatic heterocycles. The van der Waals surface area contributed by atoms with Crippen molar-refractivity contribution in [2.45, 2.75) is 78.1 Å². The molecule has 0 heteroatoms. The Morgan fingerprint density at radius 1 is 0.562 bits per heavy atom. The smallest absolute Gasteiger partial charge is 0.0348 e. The standard InChI is InChI=1S/C16H30/c1-3-5-7-9-11-13-15-16-14-12-10-8-6-4-2/h5,7,15-16H,3-4,6,8-14H2,1-2H3. The van der Waals surface area contributed by atoms with Crippen LogP contribution in [0.4, 0.5) is 0 Å². The highest BCUT2D eigenvalue weighted by atomic mass is 13.9. The Kier molecular flexibility index (Phi) is 14.0. The average molecular weight is 222 g/mol. The van der Waals surface area contributed by atoms with Gasteiger partial charge in [-0.15, -0.1) is 0 Å². The van der Waals surface area contributed by atoms with E-state index in [2.05, 4.69) is 38.2 Å². The first-order valence-corrected chi connectivity index (χ1v) is 7.21. The Hall–Kier alpha value is -0.520. The summed E-state index contributed by atoms with van der Waals surface area (Å²) in [5.41, 5.74) is 0. The first kappa shape index (κ1) is 15.5. The molecule has 0 unspecified atom stereocenters. The summed E-state index contributed by atoms with van der Waals surface area (Å²) in [6, 6.07) is 0. The summed E-state index contributed by atoms with van der Waals surface area (Å²) >= 11 is 0. The van der Waals surface area contributed by atoms with E-state index in [-0.39, 0.29) is 0 Å². The lowest BCUT2D eigenvalue weighted by Crippen LogP contribution is -1.76.